The maximum atomic E-state index is 13.3. The van der Waals surface area contributed by atoms with Crippen LogP contribution in [-0.4, -0.2) is 51.5 Å². The number of tetrazole rings is 1. The number of hydrogen-bond donors (Lipinski definition) is 2. The number of rotatable bonds is 4. The average Bonchev–Trinajstić information content (AvgIpc) is 3.41. The van der Waals surface area contributed by atoms with E-state index < -0.39 is 0 Å². The summed E-state index contributed by atoms with van der Waals surface area (Å²) in [5.74, 6) is 0.799. The number of quaternary nitrogens is 1. The number of aryl methyl sites for hydroxylation is 2. The van der Waals surface area contributed by atoms with Crippen LogP contribution in [0, 0.1) is 13.8 Å². The highest BCUT2D eigenvalue weighted by Gasteiger charge is 2.37. The maximum absolute atomic E-state index is 13.3. The van der Waals surface area contributed by atoms with Crippen LogP contribution >= 0.6 is 0 Å². The summed E-state index contributed by atoms with van der Waals surface area (Å²) in [6.45, 7) is 7.16. The molecule has 0 bridgehead atoms. The lowest BCUT2D eigenvalue weighted by Crippen LogP contribution is -3.14. The van der Waals surface area contributed by atoms with Crippen molar-refractivity contribution in [2.24, 2.45) is 0 Å². The number of ether oxygens (including phenoxy) is 1. The van der Waals surface area contributed by atoms with E-state index in [1.165, 1.54) is 17.7 Å². The molecule has 0 spiro atoms. The Morgan fingerprint density at radius 1 is 1.17 bits per heavy atom. The molecule has 30 heavy (non-hydrogen) atoms. The third kappa shape index (κ3) is 3.44. The Bertz CT molecular complexity index is 1110. The minimum atomic E-state index is -0.210. The zero-order valence-corrected chi connectivity index (χ0v) is 17.6. The predicted molar refractivity (Wildman–Crippen MR) is 113 cm³/mol. The second-order valence-electron chi connectivity index (χ2n) is 8.72. The molecule has 2 N–H and O–H groups in total. The Morgan fingerprint density at radius 2 is 1.93 bits per heavy atom. The summed E-state index contributed by atoms with van der Waals surface area (Å²) in [7, 11) is 0. The highest BCUT2D eigenvalue weighted by atomic mass is 16.5. The van der Waals surface area contributed by atoms with Crippen molar-refractivity contribution >= 4 is 10.9 Å². The minimum Gasteiger partial charge on any atom is -0.370 e. The first kappa shape index (κ1) is 19.4. The third-order valence-corrected chi connectivity index (χ3v) is 6.64. The fourth-order valence-electron chi connectivity index (χ4n) is 5.17. The summed E-state index contributed by atoms with van der Waals surface area (Å²) in [5, 5.41) is 13.9. The molecular formula is C22H29N6O2+. The van der Waals surface area contributed by atoms with E-state index in [-0.39, 0.29) is 11.6 Å². The van der Waals surface area contributed by atoms with Gasteiger partial charge in [0.05, 0.1) is 24.8 Å². The highest BCUT2D eigenvalue weighted by Crippen LogP contribution is 2.31. The molecule has 0 radical (unpaired) electrons. The van der Waals surface area contributed by atoms with Gasteiger partial charge in [-0.2, -0.15) is 0 Å². The van der Waals surface area contributed by atoms with E-state index >= 15 is 0 Å². The predicted octanol–water partition coefficient (Wildman–Crippen LogP) is 1.25. The van der Waals surface area contributed by atoms with Gasteiger partial charge in [0.15, 0.2) is 6.04 Å². The standard InChI is InChI=1S/C22H28N6O2/c1-14-11-15(2)17-13-18(22(29)23-19(17)12-14)20(27-7-9-30-10-8-27)21-24-25-26-28(21)16-5-3-4-6-16/h11-13,16,20H,3-10H2,1-2H3,(H,23,29)/p+1/t20-/m0/s1. The van der Waals surface area contributed by atoms with Gasteiger partial charge in [-0.3, -0.25) is 4.79 Å². The number of hydrogen-bond acceptors (Lipinski definition) is 5. The lowest BCUT2D eigenvalue weighted by molar-refractivity contribution is -0.933. The van der Waals surface area contributed by atoms with Crippen LogP contribution in [0.25, 0.3) is 10.9 Å². The molecule has 2 aromatic heterocycles. The van der Waals surface area contributed by atoms with Crippen LogP contribution < -0.4 is 10.5 Å². The monoisotopic (exact) mass is 409 g/mol. The molecule has 3 aromatic rings. The summed E-state index contributed by atoms with van der Waals surface area (Å²) in [5.41, 5.74) is 3.86. The van der Waals surface area contributed by atoms with E-state index in [0.717, 1.165) is 59.3 Å². The van der Waals surface area contributed by atoms with Gasteiger partial charge in [0, 0.05) is 10.9 Å². The van der Waals surface area contributed by atoms with Crippen molar-refractivity contribution in [1.29, 1.82) is 0 Å². The Kier molecular flexibility index (Phi) is 5.12. The molecule has 0 amide bonds. The lowest BCUT2D eigenvalue weighted by Gasteiger charge is -2.31. The van der Waals surface area contributed by atoms with E-state index in [2.05, 4.69) is 46.5 Å². The maximum Gasteiger partial charge on any atom is 0.258 e. The molecule has 1 aliphatic heterocycles. The van der Waals surface area contributed by atoms with Gasteiger partial charge in [0.2, 0.25) is 5.82 Å². The average molecular weight is 410 g/mol. The molecule has 3 heterocycles. The van der Waals surface area contributed by atoms with Gasteiger partial charge >= 0.3 is 0 Å². The van der Waals surface area contributed by atoms with Crippen LogP contribution in [0.4, 0.5) is 0 Å². The molecule has 1 saturated carbocycles. The summed E-state index contributed by atoms with van der Waals surface area (Å²) in [6, 6.07) is 6.36. The molecular weight excluding hydrogens is 380 g/mol. The number of aromatic nitrogens is 5. The molecule has 158 valence electrons. The topological polar surface area (TPSA) is 90.1 Å². The fraction of sp³-hybridized carbons (Fsp3) is 0.545. The van der Waals surface area contributed by atoms with Gasteiger partial charge in [-0.25, -0.2) is 4.68 Å². The summed E-state index contributed by atoms with van der Waals surface area (Å²) >= 11 is 0. The van der Waals surface area contributed by atoms with Crippen LogP contribution in [0.5, 0.6) is 0 Å². The Morgan fingerprint density at radius 3 is 2.70 bits per heavy atom. The first-order valence-corrected chi connectivity index (χ1v) is 11.0. The van der Waals surface area contributed by atoms with Crippen LogP contribution in [0.3, 0.4) is 0 Å². The molecule has 2 aliphatic rings. The molecule has 1 aliphatic carbocycles. The number of morpholine rings is 1. The van der Waals surface area contributed by atoms with Gasteiger partial charge in [0.1, 0.15) is 13.1 Å². The van der Waals surface area contributed by atoms with Crippen molar-refractivity contribution in [3.63, 3.8) is 0 Å². The second-order valence-corrected chi connectivity index (χ2v) is 8.72. The first-order chi connectivity index (χ1) is 14.6. The SMILES string of the molecule is Cc1cc(C)c2cc([C@@H](c3nnnn3C3CCCC3)[NH+]3CCOCC3)c(=O)[nH]c2c1. The summed E-state index contributed by atoms with van der Waals surface area (Å²) in [4.78, 5) is 17.7. The number of nitrogens with one attached hydrogen (secondary N) is 2. The number of pyridine rings is 1. The zero-order valence-electron chi connectivity index (χ0n) is 17.6. The van der Waals surface area contributed by atoms with Gasteiger partial charge in [0.25, 0.3) is 5.56 Å². The first-order valence-electron chi connectivity index (χ1n) is 11.0. The molecule has 8 nitrogen and oxygen atoms in total. The third-order valence-electron chi connectivity index (χ3n) is 6.64. The van der Waals surface area contributed by atoms with Gasteiger partial charge in [-0.15, -0.1) is 5.10 Å². The molecule has 2 fully saturated rings. The van der Waals surface area contributed by atoms with E-state index in [4.69, 9.17) is 4.74 Å². The Hall–Kier alpha value is -2.58. The van der Waals surface area contributed by atoms with E-state index in [9.17, 15) is 4.79 Å². The zero-order chi connectivity index (χ0) is 20.7. The highest BCUT2D eigenvalue weighted by molar-refractivity contribution is 5.83. The number of fused-ring (bicyclic) bond motifs is 1. The lowest BCUT2D eigenvalue weighted by atomic mass is 9.99. The van der Waals surface area contributed by atoms with Crippen LogP contribution in [0.1, 0.15) is 60.3 Å². The molecule has 1 aromatic carbocycles. The molecule has 1 saturated heterocycles. The Balaban J connectivity index is 1.67. The number of aromatic amines is 1. The second kappa shape index (κ2) is 7.92. The largest absolute Gasteiger partial charge is 0.370 e. The van der Waals surface area contributed by atoms with Crippen molar-refractivity contribution in [3.8, 4) is 0 Å². The van der Waals surface area contributed by atoms with E-state index in [0.29, 0.717) is 19.3 Å². The van der Waals surface area contributed by atoms with Gasteiger partial charge < -0.3 is 14.6 Å². The summed E-state index contributed by atoms with van der Waals surface area (Å²) in [6.07, 6.45) is 4.59. The van der Waals surface area contributed by atoms with Crippen molar-refractivity contribution in [3.05, 3.63) is 51.1 Å². The molecule has 8 heteroatoms. The molecule has 1 atom stereocenters. The van der Waals surface area contributed by atoms with E-state index in [1.54, 1.807) is 0 Å². The van der Waals surface area contributed by atoms with E-state index in [1.807, 2.05) is 10.7 Å². The van der Waals surface area contributed by atoms with Gasteiger partial charge in [-0.1, -0.05) is 18.9 Å². The quantitative estimate of drug-likeness (QED) is 0.677. The Labute approximate surface area is 175 Å². The minimum absolute atomic E-state index is 0.0579. The molecule has 0 unspecified atom stereocenters. The van der Waals surface area contributed by atoms with Crippen LogP contribution in [-0.2, 0) is 4.74 Å². The summed E-state index contributed by atoms with van der Waals surface area (Å²) < 4.78 is 7.59. The fourth-order valence-corrected chi connectivity index (χ4v) is 5.17. The van der Waals surface area contributed by atoms with Crippen LogP contribution in [0.2, 0.25) is 0 Å². The number of benzene rings is 1. The number of H-pyrrole nitrogens is 1. The smallest absolute Gasteiger partial charge is 0.258 e. The molecule has 5 rings (SSSR count). The van der Waals surface area contributed by atoms with Crippen molar-refractivity contribution in [1.82, 2.24) is 25.2 Å². The van der Waals surface area contributed by atoms with Crippen LogP contribution in [0.15, 0.2) is 23.0 Å². The van der Waals surface area contributed by atoms with Crippen molar-refractivity contribution in [2.45, 2.75) is 51.6 Å². The number of nitrogens with zero attached hydrogens (tertiary/aromatic N) is 4. The van der Waals surface area contributed by atoms with Crippen molar-refractivity contribution in [2.75, 3.05) is 26.3 Å². The van der Waals surface area contributed by atoms with Crippen molar-refractivity contribution < 1.29 is 9.64 Å². The normalized spacial score (nSPS) is 19.5. The van der Waals surface area contributed by atoms with Gasteiger partial charge in [-0.05, 0) is 60.4 Å².